The number of benzene rings is 1. The number of hydrogen-bond donors (Lipinski definition) is 2. The number of nitrogens with one attached hydrogen (secondary N) is 1. The fourth-order valence-electron chi connectivity index (χ4n) is 2.83. The van der Waals surface area contributed by atoms with Gasteiger partial charge in [-0.2, -0.15) is 5.10 Å². The van der Waals surface area contributed by atoms with E-state index >= 15 is 0 Å². The molecule has 1 aliphatic carbocycles. The summed E-state index contributed by atoms with van der Waals surface area (Å²) >= 11 is 1.56. The Morgan fingerprint density at radius 3 is 3.04 bits per heavy atom. The molecule has 0 bridgehead atoms. The molecular weight excluding hydrogens is 324 g/mol. The van der Waals surface area contributed by atoms with Crippen molar-refractivity contribution in [2.24, 2.45) is 11.0 Å². The third kappa shape index (κ3) is 3.59. The number of carbonyl (C=O) groups is 1. The number of fused-ring (bicyclic) bond motifs is 1. The molecule has 1 amide bonds. The fourth-order valence-corrected chi connectivity index (χ4v) is 3.92. The molecule has 0 fully saturated rings. The number of thiophene rings is 1. The van der Waals surface area contributed by atoms with Crippen LogP contribution in [0.1, 0.15) is 39.0 Å². The molecule has 0 radical (unpaired) electrons. The van der Waals surface area contributed by atoms with Crippen molar-refractivity contribution >= 4 is 23.5 Å². The quantitative estimate of drug-likeness (QED) is 0.660. The molecule has 2 aromatic rings. The highest BCUT2D eigenvalue weighted by Crippen LogP contribution is 2.32. The molecule has 1 aromatic heterocycles. The minimum absolute atomic E-state index is 0.0350. The molecule has 5 nitrogen and oxygen atoms in total. The molecule has 24 heavy (non-hydrogen) atoms. The van der Waals surface area contributed by atoms with Crippen molar-refractivity contribution in [3.8, 4) is 11.5 Å². The lowest BCUT2D eigenvalue weighted by molar-refractivity contribution is 0.0959. The normalized spacial score (nSPS) is 16.8. The van der Waals surface area contributed by atoms with Gasteiger partial charge in [0, 0.05) is 4.88 Å². The van der Waals surface area contributed by atoms with Crippen molar-refractivity contribution in [3.63, 3.8) is 0 Å². The number of rotatable bonds is 4. The molecular formula is C18H20N2O3S. The zero-order valence-electron chi connectivity index (χ0n) is 13.7. The summed E-state index contributed by atoms with van der Waals surface area (Å²) in [6.45, 7) is 2.24. The summed E-state index contributed by atoms with van der Waals surface area (Å²) in [5.74, 6) is 0.919. The summed E-state index contributed by atoms with van der Waals surface area (Å²) < 4.78 is 4.98. The van der Waals surface area contributed by atoms with Crippen LogP contribution in [-0.2, 0) is 12.8 Å². The Morgan fingerprint density at radius 2 is 2.29 bits per heavy atom. The third-order valence-corrected chi connectivity index (χ3v) is 5.37. The van der Waals surface area contributed by atoms with E-state index in [2.05, 4.69) is 17.5 Å². The number of ether oxygens (including phenoxy) is 1. The lowest BCUT2D eigenvalue weighted by atomic mass is 9.90. The zero-order valence-corrected chi connectivity index (χ0v) is 14.5. The molecule has 0 saturated carbocycles. The molecule has 0 spiro atoms. The Hall–Kier alpha value is -2.34. The number of methoxy groups -OCH3 is 1. The van der Waals surface area contributed by atoms with Crippen LogP contribution in [0.4, 0.5) is 0 Å². The summed E-state index contributed by atoms with van der Waals surface area (Å²) in [5, 5.41) is 13.7. The highest BCUT2D eigenvalue weighted by molar-refractivity contribution is 7.14. The van der Waals surface area contributed by atoms with Crippen LogP contribution in [-0.4, -0.2) is 24.3 Å². The van der Waals surface area contributed by atoms with E-state index in [4.69, 9.17) is 4.74 Å². The Bertz CT molecular complexity index is 783. The Kier molecular flexibility index (Phi) is 4.85. The first-order valence-electron chi connectivity index (χ1n) is 7.89. The first kappa shape index (κ1) is 16.5. The Labute approximate surface area is 145 Å². The molecule has 1 aliphatic rings. The van der Waals surface area contributed by atoms with Crippen LogP contribution in [0.5, 0.6) is 11.5 Å². The summed E-state index contributed by atoms with van der Waals surface area (Å²) in [5.41, 5.74) is 4.52. The van der Waals surface area contributed by atoms with E-state index in [9.17, 15) is 9.90 Å². The van der Waals surface area contributed by atoms with E-state index in [0.29, 0.717) is 22.1 Å². The van der Waals surface area contributed by atoms with E-state index in [1.165, 1.54) is 36.3 Å². The topological polar surface area (TPSA) is 70.9 Å². The van der Waals surface area contributed by atoms with Crippen LogP contribution >= 0.6 is 11.3 Å². The number of aromatic hydroxyl groups is 1. The van der Waals surface area contributed by atoms with Crippen LogP contribution < -0.4 is 10.2 Å². The molecule has 0 saturated heterocycles. The van der Waals surface area contributed by atoms with Gasteiger partial charge in [0.05, 0.1) is 18.2 Å². The second kappa shape index (κ2) is 7.05. The van der Waals surface area contributed by atoms with Gasteiger partial charge < -0.3 is 9.84 Å². The lowest BCUT2D eigenvalue weighted by Gasteiger charge is -2.16. The molecule has 6 heteroatoms. The average molecular weight is 344 g/mol. The summed E-state index contributed by atoms with van der Waals surface area (Å²) in [6, 6.07) is 6.91. The molecule has 1 aromatic carbocycles. The Morgan fingerprint density at radius 1 is 1.46 bits per heavy atom. The first-order chi connectivity index (χ1) is 11.6. The van der Waals surface area contributed by atoms with Crippen LogP contribution in [0.15, 0.2) is 29.4 Å². The SMILES string of the molecule is COc1ccc(/C=N/NC(=O)c2cc3c(s2)CCC(C)C3)cc1O. The van der Waals surface area contributed by atoms with Crippen molar-refractivity contribution in [2.45, 2.75) is 26.2 Å². The van der Waals surface area contributed by atoms with Gasteiger partial charge in [0.1, 0.15) is 0 Å². The maximum Gasteiger partial charge on any atom is 0.281 e. The summed E-state index contributed by atoms with van der Waals surface area (Å²) in [7, 11) is 1.49. The highest BCUT2D eigenvalue weighted by Gasteiger charge is 2.20. The lowest BCUT2D eigenvalue weighted by Crippen LogP contribution is -2.16. The smallest absolute Gasteiger partial charge is 0.281 e. The number of amides is 1. The van der Waals surface area contributed by atoms with Crippen LogP contribution in [0, 0.1) is 5.92 Å². The molecule has 1 atom stereocenters. The zero-order chi connectivity index (χ0) is 17.1. The molecule has 1 heterocycles. The number of aryl methyl sites for hydroxylation is 1. The fraction of sp³-hybridized carbons (Fsp3) is 0.333. The van der Waals surface area contributed by atoms with E-state index in [0.717, 1.165) is 12.8 Å². The van der Waals surface area contributed by atoms with Gasteiger partial charge in [-0.3, -0.25) is 4.79 Å². The van der Waals surface area contributed by atoms with Crippen LogP contribution in [0.3, 0.4) is 0 Å². The first-order valence-corrected chi connectivity index (χ1v) is 8.70. The van der Waals surface area contributed by atoms with Gasteiger partial charge in [-0.1, -0.05) is 6.92 Å². The summed E-state index contributed by atoms with van der Waals surface area (Å²) in [6.07, 6.45) is 4.79. The van der Waals surface area contributed by atoms with Crippen LogP contribution in [0.25, 0.3) is 0 Å². The third-order valence-electron chi connectivity index (χ3n) is 4.14. The van der Waals surface area contributed by atoms with Gasteiger partial charge in [-0.25, -0.2) is 5.43 Å². The van der Waals surface area contributed by atoms with Crippen molar-refractivity contribution < 1.29 is 14.6 Å². The predicted molar refractivity (Wildman–Crippen MR) is 95.2 cm³/mol. The van der Waals surface area contributed by atoms with E-state index < -0.39 is 0 Å². The number of nitrogens with zero attached hydrogens (tertiary/aromatic N) is 1. The Balaban J connectivity index is 1.64. The van der Waals surface area contributed by atoms with E-state index in [1.807, 2.05) is 6.07 Å². The van der Waals surface area contributed by atoms with Gasteiger partial charge >= 0.3 is 0 Å². The molecule has 3 rings (SSSR count). The second-order valence-electron chi connectivity index (χ2n) is 6.04. The molecule has 2 N–H and O–H groups in total. The van der Waals surface area contributed by atoms with E-state index in [1.54, 1.807) is 23.5 Å². The van der Waals surface area contributed by atoms with Gasteiger partial charge in [0.2, 0.25) is 0 Å². The van der Waals surface area contributed by atoms with Crippen molar-refractivity contribution in [1.82, 2.24) is 5.43 Å². The predicted octanol–water partition coefficient (Wildman–Crippen LogP) is 3.35. The minimum Gasteiger partial charge on any atom is -0.504 e. The van der Waals surface area contributed by atoms with Gasteiger partial charge in [0.15, 0.2) is 11.5 Å². The van der Waals surface area contributed by atoms with Gasteiger partial charge in [0.25, 0.3) is 5.91 Å². The maximum atomic E-state index is 12.2. The average Bonchev–Trinajstić information content (AvgIpc) is 2.98. The number of carbonyl (C=O) groups excluding carboxylic acids is 1. The highest BCUT2D eigenvalue weighted by atomic mass is 32.1. The summed E-state index contributed by atoms with van der Waals surface area (Å²) in [4.78, 5) is 14.2. The standard InChI is InChI=1S/C18H20N2O3S/c1-11-3-6-16-13(7-11)9-17(24-16)18(22)20-19-10-12-4-5-15(23-2)14(21)8-12/h4-5,8-11,21H,3,6-7H2,1-2H3,(H,20,22)/b19-10+. The van der Waals surface area contributed by atoms with Gasteiger partial charge in [-0.15, -0.1) is 11.3 Å². The molecule has 0 aliphatic heterocycles. The molecule has 1 unspecified atom stereocenters. The van der Waals surface area contributed by atoms with Crippen LogP contribution in [0.2, 0.25) is 0 Å². The van der Waals surface area contributed by atoms with Crippen molar-refractivity contribution in [2.75, 3.05) is 7.11 Å². The number of hydrogen-bond acceptors (Lipinski definition) is 5. The van der Waals surface area contributed by atoms with Crippen molar-refractivity contribution in [1.29, 1.82) is 0 Å². The number of phenols is 1. The van der Waals surface area contributed by atoms with Crippen molar-refractivity contribution in [3.05, 3.63) is 45.1 Å². The second-order valence-corrected chi connectivity index (χ2v) is 7.17. The molecule has 126 valence electrons. The number of hydrazone groups is 1. The monoisotopic (exact) mass is 344 g/mol. The van der Waals surface area contributed by atoms with Gasteiger partial charge in [-0.05, 0) is 60.6 Å². The van der Waals surface area contributed by atoms with E-state index in [-0.39, 0.29) is 11.7 Å². The largest absolute Gasteiger partial charge is 0.504 e. The maximum absolute atomic E-state index is 12.2. The number of phenolic OH excluding ortho intramolecular Hbond substituents is 1. The minimum atomic E-state index is -0.198.